The largest absolute Gasteiger partial charge is 0.351 e. The molecule has 0 bridgehead atoms. The quantitative estimate of drug-likeness (QED) is 0.475. The lowest BCUT2D eigenvalue weighted by molar-refractivity contribution is -0.113. The van der Waals surface area contributed by atoms with E-state index in [1.54, 1.807) is 10.6 Å². The van der Waals surface area contributed by atoms with Crippen molar-refractivity contribution in [2.45, 2.75) is 25.0 Å². The van der Waals surface area contributed by atoms with Crippen molar-refractivity contribution in [3.8, 4) is 0 Å². The molecule has 0 saturated heterocycles. The van der Waals surface area contributed by atoms with Crippen molar-refractivity contribution >= 4 is 29.3 Å². The number of hydrogen-bond donors (Lipinski definition) is 2. The van der Waals surface area contributed by atoms with Crippen LogP contribution in [0, 0.1) is 17.5 Å². The fourth-order valence-electron chi connectivity index (χ4n) is 2.86. The molecule has 1 heterocycles. The number of nitrogens with one attached hydrogen (secondary N) is 2. The number of aromatic nitrogens is 3. The van der Waals surface area contributed by atoms with Crippen LogP contribution in [0.25, 0.3) is 0 Å². The molecule has 0 saturated carbocycles. The molecule has 0 spiro atoms. The second-order valence-electron chi connectivity index (χ2n) is 6.59. The van der Waals surface area contributed by atoms with E-state index in [0.29, 0.717) is 30.0 Å². The van der Waals surface area contributed by atoms with Gasteiger partial charge in [0.15, 0.2) is 5.16 Å². The van der Waals surface area contributed by atoms with Crippen LogP contribution in [0.3, 0.4) is 0 Å². The molecule has 0 aliphatic rings. The molecule has 11 heteroatoms. The Hall–Kier alpha value is -3.34. The van der Waals surface area contributed by atoms with Gasteiger partial charge in [-0.2, -0.15) is 0 Å². The second kappa shape index (κ2) is 10.8. The van der Waals surface area contributed by atoms with Gasteiger partial charge in [-0.25, -0.2) is 13.2 Å². The first kappa shape index (κ1) is 23.3. The summed E-state index contributed by atoms with van der Waals surface area (Å²) in [6.45, 7) is 2.63. The average Bonchev–Trinajstić information content (AvgIpc) is 3.16. The molecule has 3 aromatic rings. The summed E-state index contributed by atoms with van der Waals surface area (Å²) in [6, 6.07) is 8.59. The van der Waals surface area contributed by atoms with Gasteiger partial charge in [0, 0.05) is 25.6 Å². The van der Waals surface area contributed by atoms with Gasteiger partial charge in [0.2, 0.25) is 5.91 Å². The highest BCUT2D eigenvalue weighted by Gasteiger charge is 2.15. The molecule has 0 atom stereocenters. The summed E-state index contributed by atoms with van der Waals surface area (Å²) in [4.78, 5) is 24.2. The molecular weight excluding hydrogens is 443 g/mol. The predicted octanol–water partition coefficient (Wildman–Crippen LogP) is 3.42. The summed E-state index contributed by atoms with van der Waals surface area (Å²) in [5.41, 5.74) is -0.149. The highest BCUT2D eigenvalue weighted by Crippen LogP contribution is 2.19. The van der Waals surface area contributed by atoms with Gasteiger partial charge >= 0.3 is 0 Å². The standard InChI is InChI=1S/C21H20F3N5O2S/c1-2-29-18(9-10-25-20(31)14-5-3-4-6-15(14)23)27-28-21(29)32-12-19(30)26-17-8-7-13(22)11-16(17)24/h3-8,11H,2,9-10,12H2,1H3,(H,25,31)(H,26,30). The van der Waals surface area contributed by atoms with Gasteiger partial charge in [0.1, 0.15) is 23.3 Å². The topological polar surface area (TPSA) is 88.9 Å². The third-order valence-corrected chi connectivity index (χ3v) is 5.37. The SMILES string of the molecule is CCn1c(CCNC(=O)c2ccccc2F)nnc1SCC(=O)Nc1ccc(F)cc1F. The van der Waals surface area contributed by atoms with Gasteiger partial charge in [0.05, 0.1) is 17.0 Å². The molecule has 2 amide bonds. The fourth-order valence-corrected chi connectivity index (χ4v) is 3.69. The molecule has 0 unspecified atom stereocenters. The van der Waals surface area contributed by atoms with E-state index < -0.39 is 29.3 Å². The normalized spacial score (nSPS) is 10.8. The summed E-state index contributed by atoms with van der Waals surface area (Å²) in [5.74, 6) is -2.66. The van der Waals surface area contributed by atoms with Gasteiger partial charge in [-0.1, -0.05) is 23.9 Å². The number of nitrogens with zero attached hydrogens (tertiary/aromatic N) is 3. The van der Waals surface area contributed by atoms with E-state index in [9.17, 15) is 22.8 Å². The number of anilines is 1. The number of carbonyl (C=O) groups is 2. The van der Waals surface area contributed by atoms with Crippen LogP contribution < -0.4 is 10.6 Å². The molecule has 0 radical (unpaired) electrons. The number of halogens is 3. The van der Waals surface area contributed by atoms with Crippen LogP contribution in [0.2, 0.25) is 0 Å². The van der Waals surface area contributed by atoms with Gasteiger partial charge in [-0.05, 0) is 31.2 Å². The second-order valence-corrected chi connectivity index (χ2v) is 7.53. The molecular formula is C21H20F3N5O2S. The molecule has 0 aliphatic heterocycles. The molecule has 0 aliphatic carbocycles. The van der Waals surface area contributed by atoms with E-state index in [0.717, 1.165) is 23.9 Å². The monoisotopic (exact) mass is 463 g/mol. The molecule has 7 nitrogen and oxygen atoms in total. The summed E-state index contributed by atoms with van der Waals surface area (Å²) in [7, 11) is 0. The molecule has 2 N–H and O–H groups in total. The number of hydrogen-bond acceptors (Lipinski definition) is 5. The van der Waals surface area contributed by atoms with E-state index in [1.807, 2.05) is 6.92 Å². The maximum atomic E-state index is 13.7. The first-order chi connectivity index (χ1) is 15.4. The predicted molar refractivity (Wildman–Crippen MR) is 114 cm³/mol. The molecule has 1 aromatic heterocycles. The van der Waals surface area contributed by atoms with Crippen molar-refractivity contribution in [1.82, 2.24) is 20.1 Å². The maximum Gasteiger partial charge on any atom is 0.254 e. The number of carbonyl (C=O) groups excluding carboxylic acids is 2. The summed E-state index contributed by atoms with van der Waals surface area (Å²) >= 11 is 1.11. The zero-order chi connectivity index (χ0) is 23.1. The third-order valence-electron chi connectivity index (χ3n) is 4.40. The van der Waals surface area contributed by atoms with Crippen molar-refractivity contribution in [2.24, 2.45) is 0 Å². The minimum absolute atomic E-state index is 0.0377. The van der Waals surface area contributed by atoms with Crippen LogP contribution in [0.4, 0.5) is 18.9 Å². The Bertz CT molecular complexity index is 1120. The van der Waals surface area contributed by atoms with E-state index in [1.165, 1.54) is 18.2 Å². The molecule has 0 fully saturated rings. The third kappa shape index (κ3) is 5.88. The summed E-state index contributed by atoms with van der Waals surface area (Å²) in [5, 5.41) is 13.7. The van der Waals surface area contributed by atoms with Gasteiger partial charge in [0.25, 0.3) is 5.91 Å². The van der Waals surface area contributed by atoms with Crippen LogP contribution in [-0.2, 0) is 17.8 Å². The van der Waals surface area contributed by atoms with Gasteiger partial charge < -0.3 is 15.2 Å². The van der Waals surface area contributed by atoms with Crippen molar-refractivity contribution in [3.05, 3.63) is 71.3 Å². The number of amides is 2. The lowest BCUT2D eigenvalue weighted by Crippen LogP contribution is -2.27. The van der Waals surface area contributed by atoms with Gasteiger partial charge in [-0.3, -0.25) is 9.59 Å². The number of rotatable bonds is 9. The molecule has 3 rings (SSSR count). The lowest BCUT2D eigenvalue weighted by atomic mass is 10.2. The average molecular weight is 463 g/mol. The Morgan fingerprint density at radius 2 is 1.84 bits per heavy atom. The lowest BCUT2D eigenvalue weighted by Gasteiger charge is -2.09. The maximum absolute atomic E-state index is 13.7. The fraction of sp³-hybridized carbons (Fsp3) is 0.238. The van der Waals surface area contributed by atoms with E-state index >= 15 is 0 Å². The van der Waals surface area contributed by atoms with Crippen molar-refractivity contribution in [1.29, 1.82) is 0 Å². The highest BCUT2D eigenvalue weighted by atomic mass is 32.2. The minimum Gasteiger partial charge on any atom is -0.351 e. The zero-order valence-electron chi connectivity index (χ0n) is 17.1. The highest BCUT2D eigenvalue weighted by molar-refractivity contribution is 7.99. The molecule has 32 heavy (non-hydrogen) atoms. The Morgan fingerprint density at radius 1 is 1.06 bits per heavy atom. The van der Waals surface area contributed by atoms with Crippen molar-refractivity contribution < 1.29 is 22.8 Å². The molecule has 168 valence electrons. The smallest absolute Gasteiger partial charge is 0.254 e. The van der Waals surface area contributed by atoms with Crippen molar-refractivity contribution in [2.75, 3.05) is 17.6 Å². The van der Waals surface area contributed by atoms with Crippen LogP contribution in [0.5, 0.6) is 0 Å². The van der Waals surface area contributed by atoms with Crippen molar-refractivity contribution in [3.63, 3.8) is 0 Å². The zero-order valence-corrected chi connectivity index (χ0v) is 17.9. The Kier molecular flexibility index (Phi) is 7.87. The van der Waals surface area contributed by atoms with E-state index in [2.05, 4.69) is 20.8 Å². The van der Waals surface area contributed by atoms with E-state index in [4.69, 9.17) is 0 Å². The summed E-state index contributed by atoms with van der Waals surface area (Å²) < 4.78 is 42.1. The Balaban J connectivity index is 1.53. The van der Waals surface area contributed by atoms with Crippen LogP contribution in [-0.4, -0.2) is 38.9 Å². The number of benzene rings is 2. The first-order valence-electron chi connectivity index (χ1n) is 9.71. The van der Waals surface area contributed by atoms with Crippen LogP contribution in [0.15, 0.2) is 47.6 Å². The number of thioether (sulfide) groups is 1. The Morgan fingerprint density at radius 3 is 2.56 bits per heavy atom. The molecule has 2 aromatic carbocycles. The minimum atomic E-state index is -0.861. The summed E-state index contributed by atoms with van der Waals surface area (Å²) in [6.07, 6.45) is 0.356. The van der Waals surface area contributed by atoms with Crippen LogP contribution >= 0.6 is 11.8 Å². The first-order valence-corrected chi connectivity index (χ1v) is 10.7. The Labute approximate surface area is 186 Å². The van der Waals surface area contributed by atoms with Crippen LogP contribution in [0.1, 0.15) is 23.1 Å². The van der Waals surface area contributed by atoms with E-state index in [-0.39, 0.29) is 23.5 Å². The van der Waals surface area contributed by atoms with Gasteiger partial charge in [-0.15, -0.1) is 10.2 Å².